The lowest BCUT2D eigenvalue weighted by Crippen LogP contribution is -2.47. The second kappa shape index (κ2) is 12.4. The molecule has 34 heavy (non-hydrogen) atoms. The fraction of sp³-hybridized carbons (Fsp3) is 0.833. The zero-order valence-corrected chi connectivity index (χ0v) is 22.2. The number of carbonyl (C=O) groups is 4. The van der Waals surface area contributed by atoms with Crippen molar-refractivity contribution in [3.63, 3.8) is 0 Å². The third kappa shape index (κ3) is 10.7. The van der Waals surface area contributed by atoms with Crippen molar-refractivity contribution in [1.82, 2.24) is 21.1 Å². The van der Waals surface area contributed by atoms with Crippen LogP contribution in [-0.4, -0.2) is 65.2 Å². The van der Waals surface area contributed by atoms with Crippen molar-refractivity contribution in [3.8, 4) is 0 Å². The topological polar surface area (TPSA) is 126 Å². The van der Waals surface area contributed by atoms with E-state index >= 15 is 0 Å². The van der Waals surface area contributed by atoms with Gasteiger partial charge in [0.15, 0.2) is 0 Å². The van der Waals surface area contributed by atoms with Crippen LogP contribution < -0.4 is 16.2 Å². The molecule has 0 aromatic heterocycles. The number of hydrogen-bond acceptors (Lipinski definition) is 7. The van der Waals surface area contributed by atoms with Gasteiger partial charge in [0.25, 0.3) is 0 Å². The van der Waals surface area contributed by atoms with Gasteiger partial charge >= 0.3 is 12.1 Å². The molecule has 1 aliphatic rings. The number of ether oxygens (including phenoxy) is 2. The van der Waals surface area contributed by atoms with Gasteiger partial charge in [-0.3, -0.25) is 24.7 Å². The molecule has 0 saturated carbocycles. The van der Waals surface area contributed by atoms with Crippen molar-refractivity contribution in [1.29, 1.82) is 0 Å². The highest BCUT2D eigenvalue weighted by molar-refractivity contribution is 5.84. The van der Waals surface area contributed by atoms with E-state index in [1.54, 1.807) is 41.5 Å². The Bertz CT molecular complexity index is 728. The van der Waals surface area contributed by atoms with Crippen LogP contribution in [0.15, 0.2) is 0 Å². The molecule has 1 rings (SSSR count). The van der Waals surface area contributed by atoms with Gasteiger partial charge in [0.05, 0.1) is 5.92 Å². The van der Waals surface area contributed by atoms with Crippen LogP contribution in [0.4, 0.5) is 4.79 Å². The number of esters is 1. The second-order valence-corrected chi connectivity index (χ2v) is 11.1. The van der Waals surface area contributed by atoms with Crippen molar-refractivity contribution >= 4 is 23.9 Å². The van der Waals surface area contributed by atoms with E-state index in [1.165, 1.54) is 6.92 Å². The van der Waals surface area contributed by atoms with Crippen LogP contribution in [-0.2, 0) is 23.9 Å². The molecule has 0 radical (unpaired) electrons. The lowest BCUT2D eigenvalue weighted by atomic mass is 9.95. The van der Waals surface area contributed by atoms with Gasteiger partial charge in [-0.25, -0.2) is 10.2 Å². The number of hydrazine groups is 1. The predicted octanol–water partition coefficient (Wildman–Crippen LogP) is 2.52. The van der Waals surface area contributed by atoms with Crippen LogP contribution in [0.3, 0.4) is 0 Å². The van der Waals surface area contributed by atoms with Gasteiger partial charge in [-0.1, -0.05) is 13.3 Å². The summed E-state index contributed by atoms with van der Waals surface area (Å²) >= 11 is 0. The number of carbonyl (C=O) groups excluding carboxylic acids is 4. The van der Waals surface area contributed by atoms with Gasteiger partial charge in [0.1, 0.15) is 17.2 Å². The van der Waals surface area contributed by atoms with Crippen molar-refractivity contribution in [2.75, 3.05) is 13.1 Å². The number of amides is 3. The van der Waals surface area contributed by atoms with Crippen LogP contribution in [0.25, 0.3) is 0 Å². The van der Waals surface area contributed by atoms with Gasteiger partial charge < -0.3 is 14.8 Å². The van der Waals surface area contributed by atoms with Crippen LogP contribution in [0, 0.1) is 11.8 Å². The molecule has 3 N–H and O–H groups in total. The Hall–Kier alpha value is -2.36. The molecule has 10 heteroatoms. The van der Waals surface area contributed by atoms with E-state index in [4.69, 9.17) is 9.47 Å². The summed E-state index contributed by atoms with van der Waals surface area (Å²) in [5.41, 5.74) is 3.32. The molecule has 0 aromatic rings. The van der Waals surface area contributed by atoms with E-state index in [0.29, 0.717) is 13.1 Å². The van der Waals surface area contributed by atoms with Gasteiger partial charge in [-0.15, -0.1) is 0 Å². The molecule has 0 bridgehead atoms. The smallest absolute Gasteiger partial charge is 0.426 e. The Morgan fingerprint density at radius 3 is 2.09 bits per heavy atom. The maximum absolute atomic E-state index is 13.0. The molecule has 1 saturated heterocycles. The monoisotopic (exact) mass is 484 g/mol. The van der Waals surface area contributed by atoms with Gasteiger partial charge in [0.2, 0.25) is 11.8 Å². The van der Waals surface area contributed by atoms with Gasteiger partial charge in [-0.05, 0) is 67.2 Å². The minimum Gasteiger partial charge on any atom is -0.459 e. The lowest BCUT2D eigenvalue weighted by molar-refractivity contribution is -0.160. The Labute approximate surface area is 203 Å². The highest BCUT2D eigenvalue weighted by Gasteiger charge is 2.43. The van der Waals surface area contributed by atoms with E-state index in [9.17, 15) is 19.2 Å². The summed E-state index contributed by atoms with van der Waals surface area (Å²) in [6.07, 6.45) is 1.29. The zero-order chi connectivity index (χ0) is 26.3. The first-order chi connectivity index (χ1) is 15.5. The summed E-state index contributed by atoms with van der Waals surface area (Å²) in [6.45, 7) is 17.0. The molecule has 1 fully saturated rings. The Balaban J connectivity index is 2.96. The first-order valence-corrected chi connectivity index (χ1v) is 12.0. The largest absolute Gasteiger partial charge is 0.459 e. The first-order valence-electron chi connectivity index (χ1n) is 12.0. The molecule has 0 aromatic carbocycles. The van der Waals surface area contributed by atoms with Crippen molar-refractivity contribution in [3.05, 3.63) is 0 Å². The predicted molar refractivity (Wildman–Crippen MR) is 129 cm³/mol. The van der Waals surface area contributed by atoms with E-state index < -0.39 is 35.2 Å². The fourth-order valence-corrected chi connectivity index (χ4v) is 4.04. The quantitative estimate of drug-likeness (QED) is 0.357. The Kier molecular flexibility index (Phi) is 10.8. The third-order valence-electron chi connectivity index (χ3n) is 5.41. The second-order valence-electron chi connectivity index (χ2n) is 11.1. The normalized spacial score (nSPS) is 20.7. The van der Waals surface area contributed by atoms with E-state index in [-0.39, 0.29) is 30.3 Å². The van der Waals surface area contributed by atoms with Crippen LogP contribution in [0.2, 0.25) is 0 Å². The zero-order valence-electron chi connectivity index (χ0n) is 22.2. The minimum atomic E-state index is -0.758. The van der Waals surface area contributed by atoms with Crippen molar-refractivity contribution in [2.45, 2.75) is 105 Å². The van der Waals surface area contributed by atoms with E-state index in [1.807, 2.05) is 11.8 Å². The number of hydrogen-bond donors (Lipinski definition) is 3. The molecule has 4 atom stereocenters. The first kappa shape index (κ1) is 29.7. The molecule has 196 valence electrons. The van der Waals surface area contributed by atoms with Gasteiger partial charge in [-0.2, -0.15) is 0 Å². The molecule has 1 heterocycles. The van der Waals surface area contributed by atoms with Crippen molar-refractivity contribution in [2.24, 2.45) is 11.8 Å². The fourth-order valence-electron chi connectivity index (χ4n) is 4.04. The maximum Gasteiger partial charge on any atom is 0.426 e. The Morgan fingerprint density at radius 1 is 1.00 bits per heavy atom. The lowest BCUT2D eigenvalue weighted by Gasteiger charge is -2.32. The van der Waals surface area contributed by atoms with Gasteiger partial charge in [0, 0.05) is 26.1 Å². The standard InChI is InChI=1S/C24H44N4O6/c1-10-11-17(15(2)25-16(3)29)13-28-14-18(12-19(28)21(31)33-23(4,5)6)20(30)26-27-22(32)34-24(7,8)9/h15,17-19H,10-14H2,1-9H3,(H,25,29)(H,26,30)(H,27,32)/t15?,17?,18-,19-/m1/s1. The summed E-state index contributed by atoms with van der Waals surface area (Å²) < 4.78 is 10.8. The number of nitrogens with zero attached hydrogens (tertiary/aromatic N) is 1. The molecule has 10 nitrogen and oxygen atoms in total. The summed E-state index contributed by atoms with van der Waals surface area (Å²) in [5, 5.41) is 2.95. The Morgan fingerprint density at radius 2 is 1.59 bits per heavy atom. The number of rotatable bonds is 8. The molecule has 1 aliphatic heterocycles. The minimum absolute atomic E-state index is 0.0848. The maximum atomic E-state index is 13.0. The number of nitrogens with one attached hydrogen (secondary N) is 3. The molecule has 2 unspecified atom stereocenters. The summed E-state index contributed by atoms with van der Waals surface area (Å²) in [7, 11) is 0. The summed E-state index contributed by atoms with van der Waals surface area (Å²) in [5.74, 6) is -1.32. The molecular weight excluding hydrogens is 440 g/mol. The average molecular weight is 485 g/mol. The molecular formula is C24H44N4O6. The summed E-state index contributed by atoms with van der Waals surface area (Å²) in [4.78, 5) is 51.2. The van der Waals surface area contributed by atoms with Crippen molar-refractivity contribution < 1.29 is 28.7 Å². The summed E-state index contributed by atoms with van der Waals surface area (Å²) in [6, 6.07) is -0.682. The van der Waals surface area contributed by atoms with Crippen LogP contribution in [0.5, 0.6) is 0 Å². The molecule has 3 amide bonds. The molecule has 0 aliphatic carbocycles. The highest BCUT2D eigenvalue weighted by atomic mass is 16.6. The van der Waals surface area contributed by atoms with Crippen LogP contribution >= 0.6 is 0 Å². The van der Waals surface area contributed by atoms with Crippen LogP contribution in [0.1, 0.15) is 81.6 Å². The van der Waals surface area contributed by atoms with E-state index in [2.05, 4.69) is 23.1 Å². The van der Waals surface area contributed by atoms with E-state index in [0.717, 1.165) is 12.8 Å². The number of likely N-dealkylation sites (tertiary alicyclic amines) is 1. The molecule has 0 spiro atoms. The highest BCUT2D eigenvalue weighted by Crippen LogP contribution is 2.28. The SMILES string of the molecule is CCCC(CN1C[C@H](C(=O)NNC(=O)OC(C)(C)C)C[C@@H]1C(=O)OC(C)(C)C)C(C)NC(C)=O. The third-order valence-corrected chi connectivity index (χ3v) is 5.41. The average Bonchev–Trinajstić information content (AvgIpc) is 3.06.